The highest BCUT2D eigenvalue weighted by Gasteiger charge is 2.29. The van der Waals surface area contributed by atoms with Gasteiger partial charge in [0.15, 0.2) is 0 Å². The zero-order chi connectivity index (χ0) is 16.4. The predicted molar refractivity (Wildman–Crippen MR) is 82.8 cm³/mol. The number of imidazole rings is 1. The lowest BCUT2D eigenvalue weighted by Crippen LogP contribution is -2.44. The van der Waals surface area contributed by atoms with Crippen LogP contribution in [0.5, 0.6) is 0 Å². The summed E-state index contributed by atoms with van der Waals surface area (Å²) in [6, 6.07) is 6.75. The molecule has 1 aromatic carbocycles. The first-order chi connectivity index (χ1) is 11.1. The normalized spacial score (nSPS) is 21.9. The number of hydrogen-bond donors (Lipinski definition) is 2. The number of halogens is 2. The fourth-order valence-corrected chi connectivity index (χ4v) is 3.37. The molecule has 1 amide bonds. The van der Waals surface area contributed by atoms with E-state index in [1.807, 2.05) is 0 Å². The van der Waals surface area contributed by atoms with E-state index in [4.69, 9.17) is 5.73 Å². The molecule has 0 spiro atoms. The molecule has 0 unspecified atom stereocenters. The third-order valence-electron chi connectivity index (χ3n) is 4.52. The molecule has 2 aromatic rings. The first kappa shape index (κ1) is 15.9. The fraction of sp³-hybridized carbons (Fsp3) is 0.500. The van der Waals surface area contributed by atoms with E-state index >= 15 is 0 Å². The van der Waals surface area contributed by atoms with Crippen LogP contribution in [-0.4, -0.2) is 21.5 Å². The summed E-state index contributed by atoms with van der Waals surface area (Å²) in [6.45, 7) is -2.47. The highest BCUT2D eigenvalue weighted by Crippen LogP contribution is 2.26. The number of nitrogens with one attached hydrogen (secondary N) is 1. The lowest BCUT2D eigenvalue weighted by molar-refractivity contribution is -0.123. The smallest absolute Gasteiger partial charge is 0.320 e. The Kier molecular flexibility index (Phi) is 4.56. The summed E-state index contributed by atoms with van der Waals surface area (Å²) in [4.78, 5) is 15.8. The molecular formula is C16H20F2N4O. The second-order valence-corrected chi connectivity index (χ2v) is 5.95. The largest absolute Gasteiger partial charge is 0.369 e. The molecule has 3 rings (SSSR count). The minimum absolute atomic E-state index is 0.0767. The number of amides is 1. The molecule has 3 N–H and O–H groups in total. The highest BCUT2D eigenvalue weighted by atomic mass is 19.3. The Morgan fingerprint density at radius 2 is 2.09 bits per heavy atom. The lowest BCUT2D eigenvalue weighted by atomic mass is 9.84. The topological polar surface area (TPSA) is 72.9 Å². The molecule has 1 saturated carbocycles. The average molecular weight is 322 g/mol. The molecule has 1 heterocycles. The molecule has 1 fully saturated rings. The van der Waals surface area contributed by atoms with Gasteiger partial charge in [0.2, 0.25) is 5.91 Å². The summed E-state index contributed by atoms with van der Waals surface area (Å²) in [6.07, 6.45) is 3.55. The van der Waals surface area contributed by atoms with E-state index in [9.17, 15) is 13.6 Å². The van der Waals surface area contributed by atoms with Crippen LogP contribution >= 0.6 is 0 Å². The van der Waals surface area contributed by atoms with Crippen LogP contribution in [0.3, 0.4) is 0 Å². The van der Waals surface area contributed by atoms with Crippen LogP contribution in [0.25, 0.3) is 11.0 Å². The predicted octanol–water partition coefficient (Wildman–Crippen LogP) is 2.57. The monoisotopic (exact) mass is 322 g/mol. The van der Waals surface area contributed by atoms with Crippen LogP contribution in [-0.2, 0) is 11.3 Å². The lowest BCUT2D eigenvalue weighted by Gasteiger charge is -2.30. The van der Waals surface area contributed by atoms with E-state index in [0.717, 1.165) is 30.3 Å². The van der Waals surface area contributed by atoms with Crippen molar-refractivity contribution in [1.82, 2.24) is 14.9 Å². The summed E-state index contributed by atoms with van der Waals surface area (Å²) in [5.74, 6) is -0.298. The van der Waals surface area contributed by atoms with E-state index in [1.54, 1.807) is 24.3 Å². The second-order valence-electron chi connectivity index (χ2n) is 5.95. The zero-order valence-corrected chi connectivity index (χ0v) is 12.7. The maximum atomic E-state index is 13.4. The van der Waals surface area contributed by atoms with Crippen LogP contribution in [0.15, 0.2) is 24.3 Å². The van der Waals surface area contributed by atoms with Gasteiger partial charge in [-0.2, -0.15) is 8.78 Å². The van der Waals surface area contributed by atoms with Crippen LogP contribution in [0.4, 0.5) is 8.78 Å². The number of carbonyl (C=O) groups is 1. The molecule has 7 heteroatoms. The Morgan fingerprint density at radius 3 is 2.83 bits per heavy atom. The van der Waals surface area contributed by atoms with Crippen molar-refractivity contribution in [3.8, 4) is 0 Å². The molecule has 0 radical (unpaired) electrons. The minimum Gasteiger partial charge on any atom is -0.369 e. The average Bonchev–Trinajstić information content (AvgIpc) is 2.91. The van der Waals surface area contributed by atoms with Crippen LogP contribution in [0.2, 0.25) is 0 Å². The van der Waals surface area contributed by atoms with Gasteiger partial charge in [0, 0.05) is 6.04 Å². The van der Waals surface area contributed by atoms with Crippen LogP contribution in [0, 0.1) is 5.92 Å². The van der Waals surface area contributed by atoms with Crippen molar-refractivity contribution in [1.29, 1.82) is 0 Å². The van der Waals surface area contributed by atoms with Crippen molar-refractivity contribution in [3.05, 3.63) is 30.1 Å². The number of benzene rings is 1. The van der Waals surface area contributed by atoms with E-state index in [0.29, 0.717) is 11.0 Å². The molecule has 124 valence electrons. The zero-order valence-electron chi connectivity index (χ0n) is 12.7. The molecule has 0 aliphatic heterocycles. The van der Waals surface area contributed by atoms with Gasteiger partial charge in [-0.3, -0.25) is 9.36 Å². The summed E-state index contributed by atoms with van der Waals surface area (Å²) in [7, 11) is 0. The maximum absolute atomic E-state index is 13.4. The third kappa shape index (κ3) is 3.19. The van der Waals surface area contributed by atoms with Crippen molar-refractivity contribution in [2.45, 2.75) is 44.8 Å². The first-order valence-electron chi connectivity index (χ1n) is 7.84. The van der Waals surface area contributed by atoms with Gasteiger partial charge in [-0.05, 0) is 25.0 Å². The van der Waals surface area contributed by atoms with Crippen molar-refractivity contribution in [2.75, 3.05) is 0 Å². The number of nitrogens with zero attached hydrogens (tertiary/aromatic N) is 2. The quantitative estimate of drug-likeness (QED) is 0.888. The van der Waals surface area contributed by atoms with E-state index < -0.39 is 6.55 Å². The van der Waals surface area contributed by atoms with Crippen molar-refractivity contribution < 1.29 is 13.6 Å². The summed E-state index contributed by atoms with van der Waals surface area (Å²) >= 11 is 0. The fourth-order valence-electron chi connectivity index (χ4n) is 3.37. The van der Waals surface area contributed by atoms with Crippen LogP contribution < -0.4 is 11.1 Å². The Hall–Kier alpha value is -2.02. The van der Waals surface area contributed by atoms with E-state index in [-0.39, 0.29) is 30.2 Å². The van der Waals surface area contributed by atoms with Crippen molar-refractivity contribution in [2.24, 2.45) is 11.7 Å². The molecule has 1 aliphatic carbocycles. The Balaban J connectivity index is 1.81. The van der Waals surface area contributed by atoms with Gasteiger partial charge >= 0.3 is 6.55 Å². The number of nitrogens with two attached hydrogens (primary N) is 1. The summed E-state index contributed by atoms with van der Waals surface area (Å²) < 4.78 is 27.7. The van der Waals surface area contributed by atoms with Crippen molar-refractivity contribution >= 4 is 16.9 Å². The van der Waals surface area contributed by atoms with Gasteiger partial charge in [0.05, 0.1) is 23.5 Å². The SMILES string of the molecule is NC(=O)[C@H]1CCCC[C@@H]1NCc1nc2ccccc2n1C(F)F. The number of hydrogen-bond acceptors (Lipinski definition) is 3. The summed E-state index contributed by atoms with van der Waals surface area (Å²) in [5, 5.41) is 3.21. The number of primary amides is 1. The molecule has 1 aliphatic rings. The third-order valence-corrected chi connectivity index (χ3v) is 4.52. The van der Waals surface area contributed by atoms with Gasteiger partial charge in [-0.15, -0.1) is 0 Å². The van der Waals surface area contributed by atoms with E-state index in [1.165, 1.54) is 0 Å². The molecule has 5 nitrogen and oxygen atoms in total. The number of alkyl halides is 2. The summed E-state index contributed by atoms with van der Waals surface area (Å²) in [5.41, 5.74) is 6.40. The molecule has 2 atom stereocenters. The van der Waals surface area contributed by atoms with Gasteiger partial charge in [0.1, 0.15) is 5.82 Å². The number of para-hydroxylation sites is 2. The maximum Gasteiger partial charge on any atom is 0.320 e. The minimum atomic E-state index is -2.66. The Morgan fingerprint density at radius 1 is 1.35 bits per heavy atom. The van der Waals surface area contributed by atoms with Crippen molar-refractivity contribution in [3.63, 3.8) is 0 Å². The molecular weight excluding hydrogens is 302 g/mol. The van der Waals surface area contributed by atoms with Gasteiger partial charge in [-0.25, -0.2) is 4.98 Å². The number of fused-ring (bicyclic) bond motifs is 1. The highest BCUT2D eigenvalue weighted by molar-refractivity contribution is 5.77. The molecule has 0 saturated heterocycles. The standard InChI is InChI=1S/C16H20F2N4O/c17-16(18)22-13-8-4-3-7-12(13)21-14(22)9-20-11-6-2-1-5-10(11)15(19)23/h3-4,7-8,10-11,16,20H,1-2,5-6,9H2,(H2,19,23)/t10-,11-/m0/s1. The number of aromatic nitrogens is 2. The van der Waals surface area contributed by atoms with Gasteiger partial charge in [-0.1, -0.05) is 25.0 Å². The van der Waals surface area contributed by atoms with Gasteiger partial charge < -0.3 is 11.1 Å². The Bertz CT molecular complexity index is 700. The molecule has 1 aromatic heterocycles. The van der Waals surface area contributed by atoms with Crippen LogP contribution in [0.1, 0.15) is 38.1 Å². The van der Waals surface area contributed by atoms with E-state index in [2.05, 4.69) is 10.3 Å². The molecule has 0 bridgehead atoms. The number of carbonyl (C=O) groups excluding carboxylic acids is 1. The number of rotatable bonds is 5. The first-order valence-corrected chi connectivity index (χ1v) is 7.84. The van der Waals surface area contributed by atoms with Gasteiger partial charge in [0.25, 0.3) is 0 Å². The Labute approximate surface area is 132 Å². The molecule has 23 heavy (non-hydrogen) atoms. The second kappa shape index (κ2) is 6.62.